The summed E-state index contributed by atoms with van der Waals surface area (Å²) in [5.41, 5.74) is 0.936. The topological polar surface area (TPSA) is 76.2 Å². The van der Waals surface area contributed by atoms with Gasteiger partial charge in [-0.3, -0.25) is 14.4 Å². The first-order valence-corrected chi connectivity index (χ1v) is 8.78. The number of ether oxygens (including phenoxy) is 2. The molecule has 1 heterocycles. The number of nitrogens with zero attached hydrogens (tertiary/aromatic N) is 2. The fraction of sp³-hybridized carbons (Fsp3) is 0.526. The van der Waals surface area contributed by atoms with Gasteiger partial charge in [-0.1, -0.05) is 12.1 Å². The summed E-state index contributed by atoms with van der Waals surface area (Å²) in [6.07, 6.45) is 1.30. The third-order valence-corrected chi connectivity index (χ3v) is 4.49. The molecule has 7 nitrogen and oxygen atoms in total. The van der Waals surface area contributed by atoms with E-state index < -0.39 is 0 Å². The molecule has 1 aliphatic heterocycles. The molecule has 0 spiro atoms. The third kappa shape index (κ3) is 5.75. The highest BCUT2D eigenvalue weighted by atomic mass is 16.5. The predicted molar refractivity (Wildman–Crippen MR) is 95.7 cm³/mol. The summed E-state index contributed by atoms with van der Waals surface area (Å²) in [5, 5.41) is 0. The summed E-state index contributed by atoms with van der Waals surface area (Å²) in [5.74, 6) is 0.362. The molecule has 1 aromatic rings. The minimum absolute atomic E-state index is 0.0547. The number of carbonyl (C=O) groups is 3. The van der Waals surface area contributed by atoms with Gasteiger partial charge >= 0.3 is 5.97 Å². The molecule has 2 amide bonds. The van der Waals surface area contributed by atoms with Crippen molar-refractivity contribution in [1.82, 2.24) is 9.80 Å². The van der Waals surface area contributed by atoms with Gasteiger partial charge in [0.1, 0.15) is 5.75 Å². The van der Waals surface area contributed by atoms with E-state index in [-0.39, 0.29) is 30.6 Å². The van der Waals surface area contributed by atoms with Crippen LogP contribution in [0.25, 0.3) is 0 Å². The van der Waals surface area contributed by atoms with Crippen LogP contribution in [0.4, 0.5) is 0 Å². The van der Waals surface area contributed by atoms with Crippen LogP contribution in [0.1, 0.15) is 24.8 Å². The van der Waals surface area contributed by atoms with E-state index in [1.54, 1.807) is 16.9 Å². The Morgan fingerprint density at radius 3 is 2.08 bits per heavy atom. The molecule has 2 rings (SSSR count). The maximum absolute atomic E-state index is 12.5. The second-order valence-corrected chi connectivity index (χ2v) is 6.22. The summed E-state index contributed by atoms with van der Waals surface area (Å²) in [7, 11) is 2.92. The van der Waals surface area contributed by atoms with E-state index in [9.17, 15) is 14.4 Å². The van der Waals surface area contributed by atoms with Crippen molar-refractivity contribution in [2.24, 2.45) is 0 Å². The first-order valence-electron chi connectivity index (χ1n) is 8.78. The normalized spacial score (nSPS) is 14.5. The van der Waals surface area contributed by atoms with Crippen LogP contribution >= 0.6 is 0 Å². The Morgan fingerprint density at radius 1 is 0.885 bits per heavy atom. The fourth-order valence-corrected chi connectivity index (χ4v) is 2.92. The number of hydrogen-bond acceptors (Lipinski definition) is 5. The van der Waals surface area contributed by atoms with E-state index in [0.29, 0.717) is 32.6 Å². The SMILES string of the molecule is COC(=O)CCC(=O)N1CCCN(C(=O)Cc2ccc(OC)cc2)CC1. The molecule has 0 aromatic heterocycles. The molecule has 0 bridgehead atoms. The van der Waals surface area contributed by atoms with Crippen molar-refractivity contribution in [3.63, 3.8) is 0 Å². The van der Waals surface area contributed by atoms with E-state index in [2.05, 4.69) is 4.74 Å². The second-order valence-electron chi connectivity index (χ2n) is 6.22. The molecule has 1 aliphatic rings. The van der Waals surface area contributed by atoms with Gasteiger partial charge in [0.25, 0.3) is 0 Å². The molecule has 7 heteroatoms. The predicted octanol–water partition coefficient (Wildman–Crippen LogP) is 1.25. The zero-order valence-corrected chi connectivity index (χ0v) is 15.4. The average Bonchev–Trinajstić information content (AvgIpc) is 2.92. The molecule has 0 aliphatic carbocycles. The van der Waals surface area contributed by atoms with Crippen LogP contribution in [0.15, 0.2) is 24.3 Å². The molecular formula is C19H26N2O5. The molecule has 1 aromatic carbocycles. The summed E-state index contributed by atoms with van der Waals surface area (Å²) in [6, 6.07) is 7.45. The van der Waals surface area contributed by atoms with Crippen molar-refractivity contribution in [3.05, 3.63) is 29.8 Å². The number of esters is 1. The Labute approximate surface area is 153 Å². The smallest absolute Gasteiger partial charge is 0.306 e. The molecule has 26 heavy (non-hydrogen) atoms. The molecule has 142 valence electrons. The lowest BCUT2D eigenvalue weighted by Gasteiger charge is -2.22. The van der Waals surface area contributed by atoms with Crippen LogP contribution < -0.4 is 4.74 Å². The van der Waals surface area contributed by atoms with Gasteiger partial charge in [-0.15, -0.1) is 0 Å². The quantitative estimate of drug-likeness (QED) is 0.712. The van der Waals surface area contributed by atoms with Crippen LogP contribution in [0.5, 0.6) is 5.75 Å². The monoisotopic (exact) mass is 362 g/mol. The third-order valence-electron chi connectivity index (χ3n) is 4.49. The van der Waals surface area contributed by atoms with Gasteiger partial charge in [0.15, 0.2) is 0 Å². The van der Waals surface area contributed by atoms with Crippen molar-refractivity contribution < 1.29 is 23.9 Å². The van der Waals surface area contributed by atoms with E-state index in [1.165, 1.54) is 7.11 Å². The van der Waals surface area contributed by atoms with Gasteiger partial charge < -0.3 is 19.3 Å². The molecule has 0 atom stereocenters. The van der Waals surface area contributed by atoms with Crippen molar-refractivity contribution in [2.75, 3.05) is 40.4 Å². The molecular weight excluding hydrogens is 336 g/mol. The lowest BCUT2D eigenvalue weighted by molar-refractivity contribution is -0.143. The van der Waals surface area contributed by atoms with Crippen LogP contribution in [0, 0.1) is 0 Å². The summed E-state index contributed by atoms with van der Waals surface area (Å²) in [6.45, 7) is 2.25. The number of amides is 2. The highest BCUT2D eigenvalue weighted by Crippen LogP contribution is 2.13. The molecule has 0 N–H and O–H groups in total. The Hall–Kier alpha value is -2.57. The molecule has 0 saturated carbocycles. The summed E-state index contributed by atoms with van der Waals surface area (Å²) < 4.78 is 9.68. The lowest BCUT2D eigenvalue weighted by atomic mass is 10.1. The largest absolute Gasteiger partial charge is 0.497 e. The minimum atomic E-state index is -0.385. The number of carbonyl (C=O) groups excluding carboxylic acids is 3. The Bertz CT molecular complexity index is 629. The lowest BCUT2D eigenvalue weighted by Crippen LogP contribution is -2.38. The van der Waals surface area contributed by atoms with Crippen molar-refractivity contribution >= 4 is 17.8 Å². The Balaban J connectivity index is 1.83. The fourth-order valence-electron chi connectivity index (χ4n) is 2.92. The highest BCUT2D eigenvalue weighted by molar-refractivity contribution is 5.82. The van der Waals surface area contributed by atoms with Gasteiger partial charge in [-0.2, -0.15) is 0 Å². The van der Waals surface area contributed by atoms with Crippen molar-refractivity contribution in [1.29, 1.82) is 0 Å². The van der Waals surface area contributed by atoms with Crippen LogP contribution in [0.2, 0.25) is 0 Å². The highest BCUT2D eigenvalue weighted by Gasteiger charge is 2.22. The Kier molecular flexibility index (Phi) is 7.44. The van der Waals surface area contributed by atoms with Gasteiger partial charge in [-0.25, -0.2) is 0 Å². The van der Waals surface area contributed by atoms with Gasteiger partial charge in [-0.05, 0) is 24.1 Å². The summed E-state index contributed by atoms with van der Waals surface area (Å²) >= 11 is 0. The molecule has 1 fully saturated rings. The van der Waals surface area contributed by atoms with Crippen LogP contribution in [-0.2, 0) is 25.5 Å². The molecule has 0 unspecified atom stereocenters. The maximum atomic E-state index is 12.5. The Morgan fingerprint density at radius 2 is 1.50 bits per heavy atom. The molecule has 0 radical (unpaired) electrons. The van der Waals surface area contributed by atoms with Crippen molar-refractivity contribution in [2.45, 2.75) is 25.7 Å². The van der Waals surface area contributed by atoms with E-state index in [1.807, 2.05) is 24.3 Å². The maximum Gasteiger partial charge on any atom is 0.306 e. The van der Waals surface area contributed by atoms with E-state index in [4.69, 9.17) is 4.74 Å². The van der Waals surface area contributed by atoms with E-state index in [0.717, 1.165) is 17.7 Å². The number of methoxy groups -OCH3 is 2. The van der Waals surface area contributed by atoms with Crippen LogP contribution in [0.3, 0.4) is 0 Å². The van der Waals surface area contributed by atoms with Gasteiger partial charge in [0.05, 0.1) is 27.1 Å². The minimum Gasteiger partial charge on any atom is -0.497 e. The van der Waals surface area contributed by atoms with Crippen molar-refractivity contribution in [3.8, 4) is 5.75 Å². The number of hydrogen-bond donors (Lipinski definition) is 0. The second kappa shape index (κ2) is 9.79. The number of rotatable bonds is 6. The standard InChI is InChI=1S/C19H26N2O5/c1-25-16-6-4-15(5-7-16)14-18(23)21-11-3-10-20(12-13-21)17(22)8-9-19(24)26-2/h4-7H,3,8-14H2,1-2H3. The molecule has 1 saturated heterocycles. The average molecular weight is 362 g/mol. The first-order chi connectivity index (χ1) is 12.5. The summed E-state index contributed by atoms with van der Waals surface area (Å²) in [4.78, 5) is 39.4. The van der Waals surface area contributed by atoms with Gasteiger partial charge in [0, 0.05) is 32.6 Å². The zero-order valence-electron chi connectivity index (χ0n) is 15.4. The van der Waals surface area contributed by atoms with Gasteiger partial charge in [0.2, 0.25) is 11.8 Å². The number of benzene rings is 1. The zero-order chi connectivity index (χ0) is 18.9. The first kappa shape index (κ1) is 19.8. The van der Waals surface area contributed by atoms with E-state index >= 15 is 0 Å². The van der Waals surface area contributed by atoms with Crippen LogP contribution in [-0.4, -0.2) is 68.0 Å².